The van der Waals surface area contributed by atoms with Gasteiger partial charge in [0.1, 0.15) is 6.04 Å². The predicted octanol–water partition coefficient (Wildman–Crippen LogP) is 2.50. The summed E-state index contributed by atoms with van der Waals surface area (Å²) in [5, 5.41) is 3.35. The number of carbonyl (C=O) groups is 3. The molecule has 30 heavy (non-hydrogen) atoms. The smallest absolute Gasteiger partial charge is 0.338 e. The van der Waals surface area contributed by atoms with E-state index in [9.17, 15) is 23.2 Å². The Hall–Kier alpha value is -3.75. The average molecular weight is 416 g/mol. The second-order valence-electron chi connectivity index (χ2n) is 6.41. The minimum atomic E-state index is -1.21. The van der Waals surface area contributed by atoms with E-state index in [4.69, 9.17) is 9.47 Å². The number of halogens is 2. The average Bonchev–Trinajstić information content (AvgIpc) is 3.15. The second kappa shape index (κ2) is 9.17. The third-order valence-corrected chi connectivity index (χ3v) is 4.41. The summed E-state index contributed by atoms with van der Waals surface area (Å²) in [4.78, 5) is 39.3. The number of nitrogens with one attached hydrogen (secondary N) is 2. The van der Waals surface area contributed by atoms with Gasteiger partial charge in [-0.05, 0) is 29.8 Å². The highest BCUT2D eigenvalue weighted by Crippen LogP contribution is 2.19. The van der Waals surface area contributed by atoms with Gasteiger partial charge in [-0.15, -0.1) is 0 Å². The number of para-hydroxylation sites is 1. The number of benzene rings is 2. The van der Waals surface area contributed by atoms with Gasteiger partial charge < -0.3 is 19.8 Å². The van der Waals surface area contributed by atoms with Crippen molar-refractivity contribution in [3.05, 3.63) is 71.4 Å². The first kappa shape index (κ1) is 21.0. The van der Waals surface area contributed by atoms with Crippen molar-refractivity contribution in [2.75, 3.05) is 13.7 Å². The fourth-order valence-corrected chi connectivity index (χ4v) is 2.93. The zero-order chi connectivity index (χ0) is 21.7. The largest absolute Gasteiger partial charge is 0.467 e. The Morgan fingerprint density at radius 2 is 1.87 bits per heavy atom. The van der Waals surface area contributed by atoms with Gasteiger partial charge in [0.2, 0.25) is 0 Å². The van der Waals surface area contributed by atoms with Gasteiger partial charge in [0, 0.05) is 23.5 Å². The summed E-state index contributed by atoms with van der Waals surface area (Å²) in [6.07, 6.45) is 1.88. The second-order valence-corrected chi connectivity index (χ2v) is 6.41. The van der Waals surface area contributed by atoms with Gasteiger partial charge in [-0.2, -0.15) is 0 Å². The molecule has 7 nitrogen and oxygen atoms in total. The number of esters is 2. The number of carbonyl (C=O) groups excluding carboxylic acids is 3. The van der Waals surface area contributed by atoms with E-state index in [1.165, 1.54) is 7.11 Å². The fraction of sp³-hybridized carbons (Fsp3) is 0.190. The van der Waals surface area contributed by atoms with Crippen molar-refractivity contribution in [1.82, 2.24) is 10.3 Å². The SMILES string of the molecule is COC(=O)[C@H](Cc1c[nH]c2ccccc12)NC(=O)COC(=O)c1ccc(F)c(F)c1. The molecule has 9 heteroatoms. The Balaban J connectivity index is 1.63. The first-order valence-electron chi connectivity index (χ1n) is 8.93. The topological polar surface area (TPSA) is 97.5 Å². The van der Waals surface area contributed by atoms with Gasteiger partial charge in [0.25, 0.3) is 5.91 Å². The number of aromatic amines is 1. The van der Waals surface area contributed by atoms with Gasteiger partial charge in [0.15, 0.2) is 18.2 Å². The summed E-state index contributed by atoms with van der Waals surface area (Å²) >= 11 is 0. The monoisotopic (exact) mass is 416 g/mol. The number of rotatable bonds is 7. The lowest BCUT2D eigenvalue weighted by Crippen LogP contribution is -2.44. The van der Waals surface area contributed by atoms with E-state index in [0.717, 1.165) is 28.6 Å². The van der Waals surface area contributed by atoms with E-state index in [1.807, 2.05) is 24.3 Å². The summed E-state index contributed by atoms with van der Waals surface area (Å²) in [5.41, 5.74) is 1.42. The van der Waals surface area contributed by atoms with E-state index in [2.05, 4.69) is 10.3 Å². The lowest BCUT2D eigenvalue weighted by Gasteiger charge is -2.16. The molecule has 1 aromatic heterocycles. The normalized spacial score (nSPS) is 11.7. The molecule has 2 N–H and O–H groups in total. The molecule has 0 aliphatic heterocycles. The van der Waals surface area contributed by atoms with Crippen LogP contribution in [0.15, 0.2) is 48.7 Å². The summed E-state index contributed by atoms with van der Waals surface area (Å²) < 4.78 is 35.7. The Bertz CT molecular complexity index is 1100. The molecule has 1 heterocycles. The fourth-order valence-electron chi connectivity index (χ4n) is 2.93. The molecular formula is C21H18F2N2O5. The van der Waals surface area contributed by atoms with Crippen molar-refractivity contribution in [3.8, 4) is 0 Å². The lowest BCUT2D eigenvalue weighted by molar-refractivity contribution is -0.145. The van der Waals surface area contributed by atoms with E-state index in [0.29, 0.717) is 6.07 Å². The van der Waals surface area contributed by atoms with Gasteiger partial charge in [-0.1, -0.05) is 18.2 Å². The van der Waals surface area contributed by atoms with Crippen molar-refractivity contribution >= 4 is 28.7 Å². The highest BCUT2D eigenvalue weighted by molar-refractivity contribution is 5.92. The van der Waals surface area contributed by atoms with E-state index < -0.39 is 42.1 Å². The molecule has 0 radical (unpaired) electrons. The van der Waals surface area contributed by atoms with Gasteiger partial charge in [0.05, 0.1) is 12.7 Å². The number of H-pyrrole nitrogens is 1. The van der Waals surface area contributed by atoms with Crippen LogP contribution in [0.4, 0.5) is 8.78 Å². The van der Waals surface area contributed by atoms with Crippen LogP contribution in [0.1, 0.15) is 15.9 Å². The van der Waals surface area contributed by atoms with E-state index >= 15 is 0 Å². The zero-order valence-electron chi connectivity index (χ0n) is 15.9. The predicted molar refractivity (Wildman–Crippen MR) is 103 cm³/mol. The zero-order valence-corrected chi connectivity index (χ0v) is 15.9. The third-order valence-electron chi connectivity index (χ3n) is 4.41. The molecule has 1 amide bonds. The maximum atomic E-state index is 13.2. The molecule has 0 fully saturated rings. The van der Waals surface area contributed by atoms with Crippen LogP contribution in [0.2, 0.25) is 0 Å². The maximum Gasteiger partial charge on any atom is 0.338 e. The number of methoxy groups -OCH3 is 1. The van der Waals surface area contributed by atoms with Crippen molar-refractivity contribution < 1.29 is 32.6 Å². The third kappa shape index (κ3) is 4.80. The highest BCUT2D eigenvalue weighted by Gasteiger charge is 2.24. The Labute approximate surface area is 170 Å². The molecule has 0 aliphatic rings. The van der Waals surface area contributed by atoms with Crippen LogP contribution in [0.5, 0.6) is 0 Å². The molecule has 0 unspecified atom stereocenters. The summed E-state index contributed by atoms with van der Waals surface area (Å²) in [5.74, 6) is -4.74. The van der Waals surface area contributed by atoms with E-state index in [-0.39, 0.29) is 12.0 Å². The maximum absolute atomic E-state index is 13.2. The molecular weight excluding hydrogens is 398 g/mol. The number of fused-ring (bicyclic) bond motifs is 1. The molecule has 0 spiro atoms. The molecule has 0 aliphatic carbocycles. The summed E-state index contributed by atoms with van der Waals surface area (Å²) in [6, 6.07) is 8.94. The molecule has 0 saturated carbocycles. The van der Waals surface area contributed by atoms with Crippen LogP contribution in [0, 0.1) is 11.6 Å². The van der Waals surface area contributed by atoms with Gasteiger partial charge in [-0.3, -0.25) is 4.79 Å². The number of ether oxygens (including phenoxy) is 2. The minimum absolute atomic E-state index is 0.152. The molecule has 3 aromatic rings. The minimum Gasteiger partial charge on any atom is -0.467 e. The van der Waals surface area contributed by atoms with Crippen LogP contribution in [-0.4, -0.2) is 42.6 Å². The Morgan fingerprint density at radius 1 is 1.10 bits per heavy atom. The summed E-state index contributed by atoms with van der Waals surface area (Å²) in [7, 11) is 1.19. The van der Waals surface area contributed by atoms with Crippen LogP contribution in [0.25, 0.3) is 10.9 Å². The lowest BCUT2D eigenvalue weighted by atomic mass is 10.0. The van der Waals surface area contributed by atoms with Crippen molar-refractivity contribution in [3.63, 3.8) is 0 Å². The van der Waals surface area contributed by atoms with E-state index in [1.54, 1.807) is 6.20 Å². The summed E-state index contributed by atoms with van der Waals surface area (Å²) in [6.45, 7) is -0.709. The van der Waals surface area contributed by atoms with Crippen LogP contribution >= 0.6 is 0 Å². The van der Waals surface area contributed by atoms with Gasteiger partial charge in [-0.25, -0.2) is 18.4 Å². The van der Waals surface area contributed by atoms with Gasteiger partial charge >= 0.3 is 11.9 Å². The highest BCUT2D eigenvalue weighted by atomic mass is 19.2. The first-order valence-corrected chi connectivity index (χ1v) is 8.93. The Morgan fingerprint density at radius 3 is 2.60 bits per heavy atom. The molecule has 1 atom stereocenters. The van der Waals surface area contributed by atoms with Crippen LogP contribution < -0.4 is 5.32 Å². The molecule has 156 valence electrons. The van der Waals surface area contributed by atoms with Crippen molar-refractivity contribution in [1.29, 1.82) is 0 Å². The molecule has 3 rings (SSSR count). The standard InChI is InChI=1S/C21H18F2N2O5/c1-29-21(28)18(9-13-10-24-17-5-3-2-4-14(13)17)25-19(26)11-30-20(27)12-6-7-15(22)16(23)8-12/h2-8,10,18,24H,9,11H2,1H3,(H,25,26)/t18-/m0/s1. The van der Waals surface area contributed by atoms with Crippen LogP contribution in [-0.2, 0) is 25.5 Å². The van der Waals surface area contributed by atoms with Crippen molar-refractivity contribution in [2.45, 2.75) is 12.5 Å². The number of hydrogen-bond donors (Lipinski definition) is 2. The Kier molecular flexibility index (Phi) is 6.41. The number of aromatic nitrogens is 1. The van der Waals surface area contributed by atoms with Crippen LogP contribution in [0.3, 0.4) is 0 Å². The first-order chi connectivity index (χ1) is 14.4. The quantitative estimate of drug-likeness (QED) is 0.577. The van der Waals surface area contributed by atoms with Crippen molar-refractivity contribution in [2.24, 2.45) is 0 Å². The number of hydrogen-bond acceptors (Lipinski definition) is 5. The molecule has 0 bridgehead atoms. The molecule has 0 saturated heterocycles. The number of amides is 1. The molecule has 2 aromatic carbocycles.